The summed E-state index contributed by atoms with van der Waals surface area (Å²) >= 11 is 0. The lowest BCUT2D eigenvalue weighted by atomic mass is 10.1. The maximum absolute atomic E-state index is 12.1. The number of rotatable bonds is 2. The first-order chi connectivity index (χ1) is 15.6. The Hall–Kier alpha value is -2.73. The second kappa shape index (κ2) is 12.3. The van der Waals surface area contributed by atoms with Crippen molar-refractivity contribution in [3.05, 3.63) is 23.3 Å². The fourth-order valence-electron chi connectivity index (χ4n) is 3.12. The Labute approximate surface area is 185 Å². The predicted octanol–water partition coefficient (Wildman–Crippen LogP) is 0.435. The molecule has 2 aliphatic rings. The molecular formula is C21H27NO10. The lowest BCUT2D eigenvalue weighted by Gasteiger charge is -2.26. The van der Waals surface area contributed by atoms with E-state index in [0.29, 0.717) is 57.6 Å². The van der Waals surface area contributed by atoms with E-state index in [0.717, 1.165) is 0 Å². The van der Waals surface area contributed by atoms with E-state index in [1.807, 2.05) is 0 Å². The van der Waals surface area contributed by atoms with Crippen LogP contribution in [-0.2, 0) is 33.2 Å². The average molecular weight is 453 g/mol. The minimum atomic E-state index is -0.748. The maximum Gasteiger partial charge on any atom is 0.347 e. The number of hydrogen-bond donors (Lipinski definition) is 0. The lowest BCUT2D eigenvalue weighted by Crippen LogP contribution is -2.34. The van der Waals surface area contributed by atoms with Crippen LogP contribution in [0.2, 0.25) is 0 Å². The van der Waals surface area contributed by atoms with Crippen LogP contribution in [0.3, 0.4) is 0 Å². The number of carbonyl (C=O) groups excluding carboxylic acids is 3. The Balaban J connectivity index is 1.84. The summed E-state index contributed by atoms with van der Waals surface area (Å²) in [5.74, 6) is -1.67. The van der Waals surface area contributed by atoms with Crippen molar-refractivity contribution in [2.24, 2.45) is 0 Å². The number of carbonyl (C=O) groups is 3. The van der Waals surface area contributed by atoms with Gasteiger partial charge in [-0.2, -0.15) is 0 Å². The van der Waals surface area contributed by atoms with Crippen LogP contribution in [0, 0.1) is 0 Å². The van der Waals surface area contributed by atoms with Crippen LogP contribution in [-0.4, -0.2) is 97.6 Å². The van der Waals surface area contributed by atoms with Crippen LogP contribution in [0.4, 0.5) is 5.69 Å². The smallest absolute Gasteiger partial charge is 0.347 e. The summed E-state index contributed by atoms with van der Waals surface area (Å²) in [6.07, 6.45) is 0. The summed E-state index contributed by atoms with van der Waals surface area (Å²) in [5.41, 5.74) is 0.652. The highest BCUT2D eigenvalue weighted by Crippen LogP contribution is 2.35. The number of methoxy groups -OCH3 is 1. The molecule has 0 unspecified atom stereocenters. The van der Waals surface area contributed by atoms with Gasteiger partial charge >= 0.3 is 17.9 Å². The van der Waals surface area contributed by atoms with Crippen LogP contribution >= 0.6 is 0 Å². The largest absolute Gasteiger partial charge is 0.489 e. The molecule has 2 aliphatic heterocycles. The number of ether oxygens (including phenoxy) is 7. The van der Waals surface area contributed by atoms with Gasteiger partial charge < -0.3 is 38.1 Å². The second-order valence-electron chi connectivity index (χ2n) is 6.84. The molecular weight excluding hydrogens is 426 g/mol. The fourth-order valence-corrected chi connectivity index (χ4v) is 3.12. The number of anilines is 1. The third-order valence-electron chi connectivity index (χ3n) is 4.72. The van der Waals surface area contributed by atoms with Crippen LogP contribution in [0.1, 0.15) is 20.7 Å². The number of fused-ring (bicyclic) bond motifs is 2. The van der Waals surface area contributed by atoms with Crippen molar-refractivity contribution in [2.45, 2.75) is 0 Å². The minimum absolute atomic E-state index is 0.108. The molecule has 0 saturated carbocycles. The van der Waals surface area contributed by atoms with Crippen LogP contribution in [0.5, 0.6) is 5.75 Å². The van der Waals surface area contributed by atoms with Gasteiger partial charge in [0.2, 0.25) is 0 Å². The zero-order valence-electron chi connectivity index (χ0n) is 18.0. The van der Waals surface area contributed by atoms with E-state index in [1.165, 1.54) is 19.2 Å². The lowest BCUT2D eigenvalue weighted by molar-refractivity contribution is -0.139. The van der Waals surface area contributed by atoms with Crippen LogP contribution in [0.25, 0.3) is 0 Å². The molecule has 0 N–H and O–H groups in total. The van der Waals surface area contributed by atoms with E-state index in [2.05, 4.69) is 0 Å². The first-order valence-electron chi connectivity index (χ1n) is 10.3. The van der Waals surface area contributed by atoms with E-state index in [9.17, 15) is 14.4 Å². The fraction of sp³-hybridized carbons (Fsp3) is 0.571. The van der Waals surface area contributed by atoms with Crippen molar-refractivity contribution < 1.29 is 47.5 Å². The second-order valence-corrected chi connectivity index (χ2v) is 6.84. The summed E-state index contributed by atoms with van der Waals surface area (Å²) in [7, 11) is 1.29. The summed E-state index contributed by atoms with van der Waals surface area (Å²) in [6.45, 7) is 3.41. The van der Waals surface area contributed by atoms with Gasteiger partial charge in [-0.15, -0.1) is 0 Å². The van der Waals surface area contributed by atoms with E-state index in [1.54, 1.807) is 4.90 Å². The molecule has 176 valence electrons. The maximum atomic E-state index is 12.1. The van der Waals surface area contributed by atoms with Gasteiger partial charge in [-0.05, 0) is 12.1 Å². The number of esters is 3. The molecule has 0 aromatic heterocycles. The van der Waals surface area contributed by atoms with Crippen molar-refractivity contribution >= 4 is 23.6 Å². The third-order valence-corrected chi connectivity index (χ3v) is 4.72. The van der Waals surface area contributed by atoms with Crippen molar-refractivity contribution in [3.63, 3.8) is 0 Å². The van der Waals surface area contributed by atoms with Gasteiger partial charge in [0.1, 0.15) is 18.9 Å². The first-order valence-corrected chi connectivity index (χ1v) is 10.3. The molecule has 2 heterocycles. The topological polar surface area (TPSA) is 119 Å². The molecule has 0 saturated heterocycles. The number of hydrogen-bond acceptors (Lipinski definition) is 11. The molecule has 0 bridgehead atoms. The Bertz CT molecular complexity index is 812. The number of benzene rings is 1. The SMILES string of the molecule is COC(=O)CN1CCOCCOCCOCCOCCOc2cc3c(cc21)C(=O)OC3=O. The number of nitrogens with zero attached hydrogens (tertiary/aromatic N) is 1. The summed E-state index contributed by atoms with van der Waals surface area (Å²) in [5, 5.41) is 0. The van der Waals surface area contributed by atoms with Crippen molar-refractivity contribution in [1.29, 1.82) is 0 Å². The summed E-state index contributed by atoms with van der Waals surface area (Å²) < 4.78 is 37.3. The van der Waals surface area contributed by atoms with Gasteiger partial charge in [0.25, 0.3) is 0 Å². The standard InChI is InChI=1S/C21H27NO10/c1-26-19(23)14-22-2-3-27-4-5-28-6-7-29-8-9-30-10-11-31-18-13-16-15(12-17(18)22)20(24)32-21(16)25/h12-13H,2-11,14H2,1H3. The molecule has 0 radical (unpaired) electrons. The van der Waals surface area contributed by atoms with Crippen LogP contribution < -0.4 is 9.64 Å². The van der Waals surface area contributed by atoms with Gasteiger partial charge in [-0.25, -0.2) is 9.59 Å². The predicted molar refractivity (Wildman–Crippen MR) is 109 cm³/mol. The van der Waals surface area contributed by atoms with E-state index in [4.69, 9.17) is 33.2 Å². The third kappa shape index (κ3) is 6.63. The molecule has 0 atom stereocenters. The molecule has 32 heavy (non-hydrogen) atoms. The molecule has 3 rings (SSSR count). The van der Waals surface area contributed by atoms with E-state index < -0.39 is 17.9 Å². The summed E-state index contributed by atoms with van der Waals surface area (Å²) in [6, 6.07) is 2.93. The number of cyclic esters (lactones) is 2. The van der Waals surface area contributed by atoms with Crippen molar-refractivity contribution in [2.75, 3.05) is 84.6 Å². The average Bonchev–Trinajstić information content (AvgIpc) is 3.06. The molecule has 0 fully saturated rings. The Morgan fingerprint density at radius 1 is 0.844 bits per heavy atom. The molecule has 1 aromatic rings. The van der Waals surface area contributed by atoms with Gasteiger partial charge in [-0.3, -0.25) is 4.79 Å². The Kier molecular flexibility index (Phi) is 9.23. The monoisotopic (exact) mass is 453 g/mol. The normalized spacial score (nSPS) is 19.1. The van der Waals surface area contributed by atoms with Crippen LogP contribution in [0.15, 0.2) is 12.1 Å². The van der Waals surface area contributed by atoms with Gasteiger partial charge in [0, 0.05) is 6.54 Å². The Morgan fingerprint density at radius 3 is 1.97 bits per heavy atom. The zero-order valence-corrected chi connectivity index (χ0v) is 18.0. The molecule has 0 aliphatic carbocycles. The first kappa shape index (κ1) is 23.9. The molecule has 11 heteroatoms. The Morgan fingerprint density at radius 2 is 1.38 bits per heavy atom. The van der Waals surface area contributed by atoms with E-state index >= 15 is 0 Å². The molecule has 1 aromatic carbocycles. The summed E-state index contributed by atoms with van der Waals surface area (Å²) in [4.78, 5) is 37.8. The quantitative estimate of drug-likeness (QED) is 0.458. The van der Waals surface area contributed by atoms with Gasteiger partial charge in [0.05, 0.1) is 76.8 Å². The highest BCUT2D eigenvalue weighted by Gasteiger charge is 2.33. The van der Waals surface area contributed by atoms with Crippen molar-refractivity contribution in [3.8, 4) is 5.75 Å². The zero-order chi connectivity index (χ0) is 22.8. The van der Waals surface area contributed by atoms with E-state index in [-0.39, 0.29) is 37.5 Å². The molecule has 11 nitrogen and oxygen atoms in total. The minimum Gasteiger partial charge on any atom is -0.489 e. The molecule has 0 spiro atoms. The van der Waals surface area contributed by atoms with Gasteiger partial charge in [0.15, 0.2) is 0 Å². The highest BCUT2D eigenvalue weighted by molar-refractivity contribution is 6.15. The highest BCUT2D eigenvalue weighted by atomic mass is 16.6. The van der Waals surface area contributed by atoms with Crippen molar-refractivity contribution in [1.82, 2.24) is 0 Å². The molecule has 0 amide bonds. The van der Waals surface area contributed by atoms with Gasteiger partial charge in [-0.1, -0.05) is 0 Å².